The third-order valence-corrected chi connectivity index (χ3v) is 4.48. The highest BCUT2D eigenvalue weighted by atomic mass is 28.4. The molecule has 19 heavy (non-hydrogen) atoms. The van der Waals surface area contributed by atoms with Crippen LogP contribution in [0.2, 0.25) is 6.04 Å². The molecule has 0 spiro atoms. The van der Waals surface area contributed by atoms with Crippen molar-refractivity contribution in [2.45, 2.75) is 31.5 Å². The van der Waals surface area contributed by atoms with Crippen LogP contribution in [0.15, 0.2) is 24.3 Å². The fourth-order valence-corrected chi connectivity index (χ4v) is 2.56. The summed E-state index contributed by atoms with van der Waals surface area (Å²) < 4.78 is 41.6. The maximum Gasteiger partial charge on any atom is 0.495 e. The van der Waals surface area contributed by atoms with Gasteiger partial charge >= 0.3 is 15.0 Å². The van der Waals surface area contributed by atoms with Gasteiger partial charge in [0.25, 0.3) is 0 Å². The molecule has 0 saturated carbocycles. The van der Waals surface area contributed by atoms with Crippen LogP contribution in [0.4, 0.5) is 13.2 Å². The first-order valence-electron chi connectivity index (χ1n) is 5.91. The summed E-state index contributed by atoms with van der Waals surface area (Å²) in [5.74, 6) is 0. The molecule has 2 N–H and O–H groups in total. The van der Waals surface area contributed by atoms with Crippen LogP contribution in [-0.4, -0.2) is 25.5 Å². The minimum Gasteiger partial charge on any atom is -0.390 e. The molecule has 1 aromatic rings. The maximum absolute atomic E-state index is 12.3. The summed E-state index contributed by atoms with van der Waals surface area (Å²) in [4.78, 5) is 18.6. The van der Waals surface area contributed by atoms with E-state index in [4.69, 9.17) is 0 Å². The smallest absolute Gasteiger partial charge is 0.390 e. The lowest BCUT2D eigenvalue weighted by atomic mass is 10.1. The van der Waals surface area contributed by atoms with Crippen molar-refractivity contribution in [3.05, 3.63) is 35.4 Å². The Labute approximate surface area is 111 Å². The Hall–Kier alpha value is -0.893. The van der Waals surface area contributed by atoms with Gasteiger partial charge in [-0.1, -0.05) is 12.1 Å². The zero-order chi connectivity index (χ0) is 14.5. The lowest BCUT2D eigenvalue weighted by Crippen LogP contribution is -2.37. The van der Waals surface area contributed by atoms with Gasteiger partial charge in [0.15, 0.2) is 0 Å². The largest absolute Gasteiger partial charge is 0.495 e. The molecular formula is C12H17F3O3Si. The first-order chi connectivity index (χ1) is 8.74. The Kier molecular flexibility index (Phi) is 5.54. The Morgan fingerprint density at radius 2 is 1.68 bits per heavy atom. The fraction of sp³-hybridized carbons (Fsp3) is 0.500. The topological polar surface area (TPSA) is 49.7 Å². The number of aryl methyl sites for hydroxylation is 1. The van der Waals surface area contributed by atoms with Gasteiger partial charge in [-0.25, -0.2) is 0 Å². The molecule has 0 amide bonds. The molecule has 0 aromatic heterocycles. The van der Waals surface area contributed by atoms with Crippen molar-refractivity contribution < 1.29 is 27.2 Å². The summed E-state index contributed by atoms with van der Waals surface area (Å²) in [7, 11) is -2.25. The molecule has 108 valence electrons. The summed E-state index contributed by atoms with van der Waals surface area (Å²) in [6, 6.07) is 5.21. The first-order valence-corrected chi connectivity index (χ1v) is 7.91. The molecule has 1 aromatic carbocycles. The lowest BCUT2D eigenvalue weighted by molar-refractivity contribution is -0.137. The molecule has 0 fully saturated rings. The highest BCUT2D eigenvalue weighted by Crippen LogP contribution is 2.29. The van der Waals surface area contributed by atoms with Gasteiger partial charge in [-0.15, -0.1) is 0 Å². The Balaban J connectivity index is 2.39. The zero-order valence-corrected chi connectivity index (χ0v) is 11.6. The fourth-order valence-electron chi connectivity index (χ4n) is 1.65. The minimum absolute atomic E-state index is 0.199. The van der Waals surface area contributed by atoms with Crippen molar-refractivity contribution in [2.75, 3.05) is 7.11 Å². The van der Waals surface area contributed by atoms with Crippen molar-refractivity contribution in [1.82, 2.24) is 0 Å². The molecule has 0 heterocycles. The van der Waals surface area contributed by atoms with Crippen molar-refractivity contribution in [1.29, 1.82) is 0 Å². The number of hydrogen-bond donors (Lipinski definition) is 2. The summed E-state index contributed by atoms with van der Waals surface area (Å²) in [5.41, 5.74) is 0.140. The van der Waals surface area contributed by atoms with Crippen molar-refractivity contribution in [2.24, 2.45) is 0 Å². The quantitative estimate of drug-likeness (QED) is 0.626. The van der Waals surface area contributed by atoms with Crippen molar-refractivity contribution in [3.63, 3.8) is 0 Å². The van der Waals surface area contributed by atoms with E-state index in [2.05, 4.69) is 4.43 Å². The molecule has 0 aliphatic rings. The average molecular weight is 294 g/mol. The number of unbranched alkanes of at least 4 members (excludes halogenated alkanes) is 1. The van der Waals surface area contributed by atoms with E-state index in [-0.39, 0.29) is 6.04 Å². The SMILES string of the molecule is CO[Si](O)(O)CCCCc1ccc(C(F)(F)F)cc1. The normalized spacial score (nSPS) is 12.7. The highest BCUT2D eigenvalue weighted by Gasteiger charge is 2.30. The van der Waals surface area contributed by atoms with Crippen molar-refractivity contribution in [3.8, 4) is 0 Å². The summed E-state index contributed by atoms with van der Waals surface area (Å²) in [5, 5.41) is 0. The van der Waals surface area contributed by atoms with Crippen LogP contribution in [0.1, 0.15) is 24.0 Å². The van der Waals surface area contributed by atoms with Crippen LogP contribution in [0, 0.1) is 0 Å². The third-order valence-electron chi connectivity index (χ3n) is 2.83. The number of hydrogen-bond acceptors (Lipinski definition) is 3. The van der Waals surface area contributed by atoms with Gasteiger partial charge in [-0.2, -0.15) is 13.2 Å². The van der Waals surface area contributed by atoms with Crippen molar-refractivity contribution >= 4 is 8.80 Å². The van der Waals surface area contributed by atoms with Crippen LogP contribution < -0.4 is 0 Å². The van der Waals surface area contributed by atoms with E-state index >= 15 is 0 Å². The molecule has 0 atom stereocenters. The van der Waals surface area contributed by atoms with E-state index in [9.17, 15) is 22.8 Å². The predicted molar refractivity (Wildman–Crippen MR) is 66.4 cm³/mol. The number of alkyl halides is 3. The van der Waals surface area contributed by atoms with Gasteiger partial charge in [0.1, 0.15) is 0 Å². The second kappa shape index (κ2) is 6.51. The summed E-state index contributed by atoms with van der Waals surface area (Å²) in [6.45, 7) is 0. The molecular weight excluding hydrogens is 277 g/mol. The first kappa shape index (κ1) is 16.2. The van der Waals surface area contributed by atoms with Gasteiger partial charge < -0.3 is 14.0 Å². The third kappa shape index (κ3) is 5.73. The molecule has 0 radical (unpaired) electrons. The van der Waals surface area contributed by atoms with E-state index in [1.165, 1.54) is 19.2 Å². The number of rotatable bonds is 6. The Bertz CT molecular complexity index is 390. The van der Waals surface area contributed by atoms with E-state index < -0.39 is 20.5 Å². The second-order valence-corrected chi connectivity index (χ2v) is 6.74. The van der Waals surface area contributed by atoms with E-state index in [1.807, 2.05) is 0 Å². The predicted octanol–water partition coefficient (Wildman–Crippen LogP) is 2.60. The Morgan fingerprint density at radius 1 is 1.11 bits per heavy atom. The molecule has 7 heteroatoms. The molecule has 0 bridgehead atoms. The van der Waals surface area contributed by atoms with Gasteiger partial charge in [0.2, 0.25) is 0 Å². The van der Waals surface area contributed by atoms with E-state index in [1.54, 1.807) is 0 Å². The summed E-state index contributed by atoms with van der Waals surface area (Å²) in [6.07, 6.45) is -2.47. The number of halogens is 3. The van der Waals surface area contributed by atoms with Crippen LogP contribution in [0.3, 0.4) is 0 Å². The van der Waals surface area contributed by atoms with Gasteiger partial charge in [-0.3, -0.25) is 0 Å². The molecule has 0 aliphatic heterocycles. The van der Waals surface area contributed by atoms with Gasteiger partial charge in [0.05, 0.1) is 5.56 Å². The van der Waals surface area contributed by atoms with E-state index in [0.717, 1.165) is 17.7 Å². The molecule has 1 rings (SSSR count). The highest BCUT2D eigenvalue weighted by molar-refractivity contribution is 6.57. The minimum atomic E-state index is -4.31. The van der Waals surface area contributed by atoms with Gasteiger partial charge in [0, 0.05) is 13.2 Å². The van der Waals surface area contributed by atoms with Crippen LogP contribution in [-0.2, 0) is 17.0 Å². The second-order valence-electron chi connectivity index (χ2n) is 4.35. The summed E-state index contributed by atoms with van der Waals surface area (Å²) >= 11 is 0. The van der Waals surface area contributed by atoms with Crippen LogP contribution in [0.5, 0.6) is 0 Å². The standard InChI is InChI=1S/C12H17F3O3Si/c1-18-19(16,17)9-3-2-4-10-5-7-11(8-6-10)12(13,14)15/h5-8,16-17H,2-4,9H2,1H3. The lowest BCUT2D eigenvalue weighted by Gasteiger charge is -2.14. The van der Waals surface area contributed by atoms with Crippen LogP contribution >= 0.6 is 0 Å². The van der Waals surface area contributed by atoms with Crippen LogP contribution in [0.25, 0.3) is 0 Å². The van der Waals surface area contributed by atoms with Gasteiger partial charge in [-0.05, 0) is 37.0 Å². The number of benzene rings is 1. The molecule has 0 unspecified atom stereocenters. The molecule has 0 saturated heterocycles. The molecule has 0 aliphatic carbocycles. The maximum atomic E-state index is 12.3. The zero-order valence-electron chi connectivity index (χ0n) is 10.6. The average Bonchev–Trinajstić information content (AvgIpc) is 2.34. The van der Waals surface area contributed by atoms with E-state index in [0.29, 0.717) is 19.3 Å². The Morgan fingerprint density at radius 3 is 2.16 bits per heavy atom. The molecule has 3 nitrogen and oxygen atoms in total. The monoisotopic (exact) mass is 294 g/mol.